The van der Waals surface area contributed by atoms with E-state index in [0.717, 1.165) is 6.92 Å². The van der Waals surface area contributed by atoms with Crippen LogP contribution in [0.4, 0.5) is 8.78 Å². The highest BCUT2D eigenvalue weighted by Gasteiger charge is 2.63. The molecule has 1 amide bonds. The molecule has 172 valence electrons. The molecular weight excluding hydrogens is 414 g/mol. The Hall–Kier alpha value is -2.58. The minimum absolute atomic E-state index is 0.0277. The highest BCUT2D eigenvalue weighted by atomic mass is 19.2. The molecule has 7 unspecified atom stereocenters. The zero-order chi connectivity index (χ0) is 23.2. The van der Waals surface area contributed by atoms with Crippen molar-refractivity contribution < 1.29 is 48.0 Å². The van der Waals surface area contributed by atoms with Gasteiger partial charge in [0, 0.05) is 13.3 Å². The molecule has 1 heterocycles. The van der Waals surface area contributed by atoms with Crippen molar-refractivity contribution in [1.29, 1.82) is 0 Å². The number of aliphatic imine (C=N–C) groups is 1. The first-order valence-electron chi connectivity index (χ1n) is 8.96. The Bertz CT molecular complexity index is 678. The summed E-state index contributed by atoms with van der Waals surface area (Å²) in [5.41, 5.74) is 10.4. The first-order valence-corrected chi connectivity index (χ1v) is 8.96. The second-order valence-corrected chi connectivity index (χ2v) is 6.70. The molecule has 1 aliphatic heterocycles. The lowest BCUT2D eigenvalue weighted by molar-refractivity contribution is -0.276. The van der Waals surface area contributed by atoms with E-state index in [1.165, 1.54) is 0 Å². The number of esters is 1. The number of nitrogens with zero attached hydrogens (tertiary/aromatic N) is 1. The van der Waals surface area contributed by atoms with E-state index >= 15 is 0 Å². The van der Waals surface area contributed by atoms with E-state index in [1.54, 1.807) is 6.92 Å². The van der Waals surface area contributed by atoms with Gasteiger partial charge < -0.3 is 41.6 Å². The maximum Gasteiger partial charge on any atom is 0.372 e. The van der Waals surface area contributed by atoms with Gasteiger partial charge >= 0.3 is 17.8 Å². The molecule has 0 spiro atoms. The Morgan fingerprint density at radius 3 is 2.40 bits per heavy atom. The lowest BCUT2D eigenvalue weighted by atomic mass is 9.86. The van der Waals surface area contributed by atoms with Gasteiger partial charge in [-0.2, -0.15) is 4.39 Å². The van der Waals surface area contributed by atoms with Crippen LogP contribution >= 0.6 is 0 Å². The molecule has 0 aromatic heterocycles. The van der Waals surface area contributed by atoms with Gasteiger partial charge in [-0.05, 0) is 6.42 Å². The Morgan fingerprint density at radius 1 is 1.33 bits per heavy atom. The smallest absolute Gasteiger partial charge is 0.372 e. The van der Waals surface area contributed by atoms with E-state index in [0.29, 0.717) is 6.42 Å². The number of hydrogen-bond donors (Lipinski definition) is 6. The minimum Gasteiger partial charge on any atom is -0.477 e. The normalized spacial score (nSPS) is 30.6. The molecule has 0 aliphatic carbocycles. The van der Waals surface area contributed by atoms with E-state index in [1.807, 2.05) is 0 Å². The number of nitrogens with two attached hydrogens (primary N) is 2. The highest BCUT2D eigenvalue weighted by molar-refractivity contribution is 5.79. The van der Waals surface area contributed by atoms with Crippen LogP contribution in [0.3, 0.4) is 0 Å². The molecule has 30 heavy (non-hydrogen) atoms. The average molecular weight is 440 g/mol. The summed E-state index contributed by atoms with van der Waals surface area (Å²) >= 11 is 0. The number of amides is 1. The molecule has 0 radical (unpaired) electrons. The third kappa shape index (κ3) is 5.96. The summed E-state index contributed by atoms with van der Waals surface area (Å²) in [5, 5.41) is 31.8. The van der Waals surface area contributed by atoms with Gasteiger partial charge in [0.25, 0.3) is 0 Å². The summed E-state index contributed by atoms with van der Waals surface area (Å²) < 4.78 is 39.0. The molecule has 1 fully saturated rings. The van der Waals surface area contributed by atoms with Gasteiger partial charge in [-0.1, -0.05) is 6.92 Å². The van der Waals surface area contributed by atoms with Crippen LogP contribution in [0.2, 0.25) is 0 Å². The number of carboxylic acid groups (broad SMARTS) is 1. The standard InChI is InChI=1S/C16H26F2N4O8/c1-3-4-8(25)29-5-7(24)11(26)12-9(21-6(2)23)10(22-15(19)20)13(17)16(18,30-12)14(27)28/h7,9-13,24,26H,3-5H2,1-2H3,(H,21,23)(H,27,28)(H4,19,20,22). The van der Waals surface area contributed by atoms with Crippen molar-refractivity contribution in [3.05, 3.63) is 0 Å². The number of aliphatic hydroxyl groups excluding tert-OH is 2. The van der Waals surface area contributed by atoms with Gasteiger partial charge in [0.05, 0.1) is 6.04 Å². The van der Waals surface area contributed by atoms with Gasteiger partial charge in [0.15, 0.2) is 12.1 Å². The van der Waals surface area contributed by atoms with Crippen LogP contribution in [0.5, 0.6) is 0 Å². The number of carboxylic acids is 1. The van der Waals surface area contributed by atoms with Crippen molar-refractivity contribution in [3.63, 3.8) is 0 Å². The molecule has 7 atom stereocenters. The number of ether oxygens (including phenoxy) is 2. The fourth-order valence-corrected chi connectivity index (χ4v) is 2.88. The number of carbonyl (C=O) groups excluding carboxylic acids is 2. The molecule has 1 aliphatic rings. The van der Waals surface area contributed by atoms with Crippen LogP contribution in [-0.2, 0) is 23.9 Å². The Morgan fingerprint density at radius 2 is 1.93 bits per heavy atom. The predicted octanol–water partition coefficient (Wildman–Crippen LogP) is -2.31. The number of aliphatic carboxylic acids is 1. The number of carbonyl (C=O) groups is 3. The number of alkyl halides is 2. The van der Waals surface area contributed by atoms with Gasteiger partial charge in [0.2, 0.25) is 5.91 Å². The third-order valence-electron chi connectivity index (χ3n) is 4.24. The van der Waals surface area contributed by atoms with Crippen LogP contribution in [0, 0.1) is 0 Å². The lowest BCUT2D eigenvalue weighted by Gasteiger charge is -2.45. The van der Waals surface area contributed by atoms with Gasteiger partial charge in [-0.25, -0.2) is 14.2 Å². The number of halogens is 2. The molecule has 14 heteroatoms. The number of rotatable bonds is 9. The number of guanidine groups is 1. The summed E-state index contributed by atoms with van der Waals surface area (Å²) in [5.74, 6) is -8.64. The summed E-state index contributed by atoms with van der Waals surface area (Å²) in [6.07, 6.45) is -8.57. The lowest BCUT2D eigenvalue weighted by Crippen LogP contribution is -2.71. The van der Waals surface area contributed by atoms with E-state index < -0.39 is 72.8 Å². The Labute approximate surface area is 170 Å². The molecule has 1 saturated heterocycles. The van der Waals surface area contributed by atoms with Crippen LogP contribution in [0.1, 0.15) is 26.7 Å². The van der Waals surface area contributed by atoms with Gasteiger partial charge in [-0.3, -0.25) is 9.59 Å². The molecule has 12 nitrogen and oxygen atoms in total. The molecule has 8 N–H and O–H groups in total. The molecular formula is C16H26F2N4O8. The fraction of sp³-hybridized carbons (Fsp3) is 0.750. The van der Waals surface area contributed by atoms with Crippen molar-refractivity contribution >= 4 is 23.8 Å². The summed E-state index contributed by atoms with van der Waals surface area (Å²) in [4.78, 5) is 37.7. The second-order valence-electron chi connectivity index (χ2n) is 6.70. The molecule has 0 aromatic rings. The van der Waals surface area contributed by atoms with E-state index in [-0.39, 0.29) is 6.42 Å². The van der Waals surface area contributed by atoms with Crippen molar-refractivity contribution in [2.24, 2.45) is 16.5 Å². The topological polar surface area (TPSA) is 207 Å². The maximum absolute atomic E-state index is 14.8. The summed E-state index contributed by atoms with van der Waals surface area (Å²) in [6, 6.07) is -3.71. The Balaban J connectivity index is 3.27. The Kier molecular flexibility index (Phi) is 8.87. The van der Waals surface area contributed by atoms with E-state index in [2.05, 4.69) is 15.0 Å². The molecule has 0 aromatic carbocycles. The second kappa shape index (κ2) is 10.4. The van der Waals surface area contributed by atoms with E-state index in [9.17, 15) is 33.4 Å². The van der Waals surface area contributed by atoms with Crippen molar-refractivity contribution in [3.8, 4) is 0 Å². The third-order valence-corrected chi connectivity index (χ3v) is 4.24. The maximum atomic E-state index is 14.8. The number of hydrogen-bond acceptors (Lipinski definition) is 8. The monoisotopic (exact) mass is 440 g/mol. The van der Waals surface area contributed by atoms with Gasteiger partial charge in [0.1, 0.15) is 31.0 Å². The van der Waals surface area contributed by atoms with Crippen molar-refractivity contribution in [1.82, 2.24) is 5.32 Å². The van der Waals surface area contributed by atoms with Gasteiger partial charge in [-0.15, -0.1) is 0 Å². The van der Waals surface area contributed by atoms with E-state index in [4.69, 9.17) is 21.3 Å². The average Bonchev–Trinajstić information content (AvgIpc) is 2.64. The van der Waals surface area contributed by atoms with Crippen molar-refractivity contribution in [2.45, 2.75) is 69.1 Å². The zero-order valence-electron chi connectivity index (χ0n) is 16.3. The molecule has 0 saturated carbocycles. The van der Waals surface area contributed by atoms with Crippen LogP contribution in [0.25, 0.3) is 0 Å². The minimum atomic E-state index is -4.01. The first-order chi connectivity index (χ1) is 13.8. The highest BCUT2D eigenvalue weighted by Crippen LogP contribution is 2.37. The molecule has 1 rings (SSSR count). The van der Waals surface area contributed by atoms with Crippen LogP contribution < -0.4 is 16.8 Å². The molecule has 0 bridgehead atoms. The zero-order valence-corrected chi connectivity index (χ0v) is 16.3. The number of nitrogens with one attached hydrogen (secondary N) is 1. The number of aliphatic hydroxyl groups is 2. The predicted molar refractivity (Wildman–Crippen MR) is 96.3 cm³/mol. The fourth-order valence-electron chi connectivity index (χ4n) is 2.88. The van der Waals surface area contributed by atoms with Crippen LogP contribution in [-0.4, -0.2) is 88.2 Å². The first kappa shape index (κ1) is 25.5. The van der Waals surface area contributed by atoms with Crippen LogP contribution in [0.15, 0.2) is 4.99 Å². The SMILES string of the molecule is CCCC(=O)OCC(O)C(O)C1OC(F)(C(=O)O)C(F)C(N=C(N)N)C1NC(C)=O. The summed E-state index contributed by atoms with van der Waals surface area (Å²) in [7, 11) is 0. The quantitative estimate of drug-likeness (QED) is 0.128. The summed E-state index contributed by atoms with van der Waals surface area (Å²) in [6.45, 7) is 1.94. The van der Waals surface area contributed by atoms with Crippen molar-refractivity contribution in [2.75, 3.05) is 6.61 Å². The largest absolute Gasteiger partial charge is 0.477 e.